The molecule has 1 amide bonds. The minimum atomic E-state index is -0.203. The lowest BCUT2D eigenvalue weighted by Crippen LogP contribution is -2.17. The first-order valence-electron chi connectivity index (χ1n) is 8.11. The van der Waals surface area contributed by atoms with Gasteiger partial charge in [-0.3, -0.25) is 9.48 Å². The summed E-state index contributed by atoms with van der Waals surface area (Å²) in [5.74, 6) is 0.562. The predicted molar refractivity (Wildman–Crippen MR) is 91.5 cm³/mol. The van der Waals surface area contributed by atoms with E-state index in [9.17, 15) is 4.79 Å². The zero-order chi connectivity index (χ0) is 16.7. The Kier molecular flexibility index (Phi) is 3.45. The van der Waals surface area contributed by atoms with E-state index >= 15 is 0 Å². The molecule has 4 rings (SSSR count). The van der Waals surface area contributed by atoms with Gasteiger partial charge < -0.3 is 5.32 Å². The smallest absolute Gasteiger partial charge is 0.277 e. The van der Waals surface area contributed by atoms with Gasteiger partial charge in [0.1, 0.15) is 5.82 Å². The third-order valence-corrected chi connectivity index (χ3v) is 4.49. The molecule has 6 heteroatoms. The SMILES string of the molecule is Cc1cc(C(=O)Nc2c3c(nn2-c2ccccc2)CCC3)nn1C. The average molecular weight is 321 g/mol. The molecule has 2 aromatic heterocycles. The van der Waals surface area contributed by atoms with Gasteiger partial charge in [0.05, 0.1) is 11.4 Å². The average Bonchev–Trinajstić information content (AvgIpc) is 3.25. The Bertz CT molecular complexity index is 888. The van der Waals surface area contributed by atoms with E-state index in [1.54, 1.807) is 10.7 Å². The highest BCUT2D eigenvalue weighted by Crippen LogP contribution is 2.31. The lowest BCUT2D eigenvalue weighted by molar-refractivity contribution is 0.102. The van der Waals surface area contributed by atoms with Gasteiger partial charge in [0.15, 0.2) is 5.69 Å². The van der Waals surface area contributed by atoms with Crippen LogP contribution in [-0.2, 0) is 19.9 Å². The molecule has 0 aliphatic heterocycles. The molecular formula is C18H19N5O. The van der Waals surface area contributed by atoms with E-state index in [1.807, 2.05) is 49.0 Å². The number of nitrogens with zero attached hydrogens (tertiary/aromatic N) is 4. The Labute approximate surface area is 140 Å². The van der Waals surface area contributed by atoms with Gasteiger partial charge in [0, 0.05) is 18.3 Å². The van der Waals surface area contributed by atoms with Crippen LogP contribution >= 0.6 is 0 Å². The van der Waals surface area contributed by atoms with Crippen LogP contribution in [0.25, 0.3) is 5.69 Å². The Morgan fingerprint density at radius 2 is 1.96 bits per heavy atom. The van der Waals surface area contributed by atoms with Crippen molar-refractivity contribution in [3.05, 3.63) is 59.0 Å². The van der Waals surface area contributed by atoms with E-state index < -0.39 is 0 Å². The molecule has 0 spiro atoms. The summed E-state index contributed by atoms with van der Waals surface area (Å²) in [7, 11) is 1.83. The maximum Gasteiger partial charge on any atom is 0.277 e. The summed E-state index contributed by atoms with van der Waals surface area (Å²) in [6.07, 6.45) is 2.98. The third kappa shape index (κ3) is 2.40. The molecule has 0 atom stereocenters. The first-order valence-corrected chi connectivity index (χ1v) is 8.11. The molecular weight excluding hydrogens is 302 g/mol. The van der Waals surface area contributed by atoms with Crippen molar-refractivity contribution in [1.82, 2.24) is 19.6 Å². The van der Waals surface area contributed by atoms with Crippen molar-refractivity contribution in [3.63, 3.8) is 0 Å². The fraction of sp³-hybridized carbons (Fsp3) is 0.278. The number of rotatable bonds is 3. The number of amides is 1. The van der Waals surface area contributed by atoms with Gasteiger partial charge in [-0.1, -0.05) is 18.2 Å². The Balaban J connectivity index is 1.73. The van der Waals surface area contributed by atoms with E-state index in [-0.39, 0.29) is 5.91 Å². The largest absolute Gasteiger partial charge is 0.305 e. The number of aromatic nitrogens is 4. The topological polar surface area (TPSA) is 64.7 Å². The summed E-state index contributed by atoms with van der Waals surface area (Å²) < 4.78 is 3.53. The number of hydrogen-bond donors (Lipinski definition) is 1. The van der Waals surface area contributed by atoms with Crippen LogP contribution in [0.5, 0.6) is 0 Å². The number of para-hydroxylation sites is 1. The van der Waals surface area contributed by atoms with Gasteiger partial charge in [0.25, 0.3) is 5.91 Å². The van der Waals surface area contributed by atoms with Crippen LogP contribution in [0.15, 0.2) is 36.4 Å². The third-order valence-electron chi connectivity index (χ3n) is 4.49. The van der Waals surface area contributed by atoms with Crippen LogP contribution in [0.2, 0.25) is 0 Å². The highest BCUT2D eigenvalue weighted by atomic mass is 16.2. The fourth-order valence-electron chi connectivity index (χ4n) is 3.12. The number of benzene rings is 1. The molecule has 0 bridgehead atoms. The standard InChI is InChI=1S/C18H19N5O/c1-12-11-16(20-22(12)2)18(24)19-17-14-9-6-10-15(14)21-23(17)13-7-4-3-5-8-13/h3-5,7-8,11H,6,9-10H2,1-2H3,(H,19,24). The number of hydrogen-bond acceptors (Lipinski definition) is 3. The quantitative estimate of drug-likeness (QED) is 0.806. The van der Waals surface area contributed by atoms with E-state index in [4.69, 9.17) is 5.10 Å². The van der Waals surface area contributed by atoms with Gasteiger partial charge in [-0.2, -0.15) is 10.2 Å². The van der Waals surface area contributed by atoms with Gasteiger partial charge in [-0.25, -0.2) is 4.68 Å². The zero-order valence-corrected chi connectivity index (χ0v) is 13.8. The minimum absolute atomic E-state index is 0.203. The van der Waals surface area contributed by atoms with Gasteiger partial charge in [-0.15, -0.1) is 0 Å². The predicted octanol–water partition coefficient (Wildman–Crippen LogP) is 2.66. The van der Waals surface area contributed by atoms with Crippen LogP contribution < -0.4 is 5.32 Å². The van der Waals surface area contributed by atoms with E-state index in [1.165, 1.54) is 0 Å². The van der Waals surface area contributed by atoms with Crippen LogP contribution in [0, 0.1) is 6.92 Å². The van der Waals surface area contributed by atoms with Crippen LogP contribution in [0.1, 0.15) is 33.9 Å². The Morgan fingerprint density at radius 3 is 2.67 bits per heavy atom. The number of anilines is 1. The molecule has 1 aromatic carbocycles. The van der Waals surface area contributed by atoms with Gasteiger partial charge in [-0.05, 0) is 44.4 Å². The molecule has 3 aromatic rings. The van der Waals surface area contributed by atoms with Crippen LogP contribution in [0.3, 0.4) is 0 Å². The Hall–Kier alpha value is -2.89. The zero-order valence-electron chi connectivity index (χ0n) is 13.8. The molecule has 0 fully saturated rings. The number of nitrogens with one attached hydrogen (secondary N) is 1. The second-order valence-corrected chi connectivity index (χ2v) is 6.12. The molecule has 1 aliphatic carbocycles. The van der Waals surface area contributed by atoms with Crippen LogP contribution in [0.4, 0.5) is 5.82 Å². The van der Waals surface area contributed by atoms with Crippen molar-refractivity contribution < 1.29 is 4.79 Å². The lowest BCUT2D eigenvalue weighted by Gasteiger charge is -2.10. The van der Waals surface area contributed by atoms with Crippen molar-refractivity contribution in [3.8, 4) is 5.69 Å². The molecule has 2 heterocycles. The van der Waals surface area contributed by atoms with Gasteiger partial charge >= 0.3 is 0 Å². The normalized spacial score (nSPS) is 13.1. The van der Waals surface area contributed by atoms with E-state index in [0.29, 0.717) is 5.69 Å². The van der Waals surface area contributed by atoms with Crippen molar-refractivity contribution >= 4 is 11.7 Å². The first kappa shape index (κ1) is 14.7. The molecule has 24 heavy (non-hydrogen) atoms. The number of fused-ring (bicyclic) bond motifs is 1. The van der Waals surface area contributed by atoms with Crippen molar-refractivity contribution in [2.45, 2.75) is 26.2 Å². The number of carbonyl (C=O) groups excluding carboxylic acids is 1. The van der Waals surface area contributed by atoms with Crippen molar-refractivity contribution in [2.75, 3.05) is 5.32 Å². The monoisotopic (exact) mass is 321 g/mol. The lowest BCUT2D eigenvalue weighted by atomic mass is 10.2. The summed E-state index contributed by atoms with van der Waals surface area (Å²) in [5.41, 5.74) is 4.52. The highest BCUT2D eigenvalue weighted by Gasteiger charge is 2.25. The molecule has 0 unspecified atom stereocenters. The summed E-state index contributed by atoms with van der Waals surface area (Å²) in [5, 5.41) is 12.0. The minimum Gasteiger partial charge on any atom is -0.305 e. The Morgan fingerprint density at radius 1 is 1.17 bits per heavy atom. The van der Waals surface area contributed by atoms with Crippen molar-refractivity contribution in [1.29, 1.82) is 0 Å². The van der Waals surface area contributed by atoms with E-state index in [2.05, 4.69) is 10.4 Å². The summed E-state index contributed by atoms with van der Waals surface area (Å²) in [4.78, 5) is 12.6. The van der Waals surface area contributed by atoms with Crippen LogP contribution in [-0.4, -0.2) is 25.5 Å². The highest BCUT2D eigenvalue weighted by molar-refractivity contribution is 6.03. The van der Waals surface area contributed by atoms with E-state index in [0.717, 1.165) is 47.7 Å². The molecule has 1 aliphatic rings. The number of carbonyl (C=O) groups is 1. The molecule has 0 saturated carbocycles. The number of aryl methyl sites for hydroxylation is 3. The molecule has 0 saturated heterocycles. The summed E-state index contributed by atoms with van der Waals surface area (Å²) in [6.45, 7) is 1.93. The maximum absolute atomic E-state index is 12.6. The van der Waals surface area contributed by atoms with Gasteiger partial charge in [0.2, 0.25) is 0 Å². The summed E-state index contributed by atoms with van der Waals surface area (Å²) >= 11 is 0. The summed E-state index contributed by atoms with van der Waals surface area (Å²) in [6, 6.07) is 11.7. The molecule has 6 nitrogen and oxygen atoms in total. The second kappa shape index (κ2) is 5.63. The maximum atomic E-state index is 12.6. The molecule has 0 radical (unpaired) electrons. The van der Waals surface area contributed by atoms with Crippen molar-refractivity contribution in [2.24, 2.45) is 7.05 Å². The second-order valence-electron chi connectivity index (χ2n) is 6.12. The first-order chi connectivity index (χ1) is 11.6. The molecule has 1 N–H and O–H groups in total. The fourth-order valence-corrected chi connectivity index (χ4v) is 3.12. The molecule has 122 valence electrons.